The number of hydrogen-bond donors (Lipinski definition) is 0. The molecule has 0 bridgehead atoms. The van der Waals surface area contributed by atoms with Gasteiger partial charge in [-0.3, -0.25) is 9.78 Å². The van der Waals surface area contributed by atoms with E-state index in [9.17, 15) is 4.79 Å². The van der Waals surface area contributed by atoms with E-state index in [0.29, 0.717) is 5.75 Å². The van der Waals surface area contributed by atoms with E-state index in [1.165, 1.54) is 11.8 Å². The molecule has 0 fully saturated rings. The predicted molar refractivity (Wildman–Crippen MR) is 74.9 cm³/mol. The summed E-state index contributed by atoms with van der Waals surface area (Å²) in [5.74, 6) is 1.40. The third-order valence-corrected chi connectivity index (χ3v) is 3.62. The van der Waals surface area contributed by atoms with Crippen molar-refractivity contribution in [3.63, 3.8) is 0 Å². The van der Waals surface area contributed by atoms with Gasteiger partial charge < -0.3 is 4.57 Å². The van der Waals surface area contributed by atoms with Crippen molar-refractivity contribution in [1.82, 2.24) is 19.7 Å². The number of carbonyl (C=O) groups is 1. The lowest BCUT2D eigenvalue weighted by molar-refractivity contribution is -0.114. The molecule has 0 aliphatic carbocycles. The summed E-state index contributed by atoms with van der Waals surface area (Å²) in [6.45, 7) is 4.53. The van der Waals surface area contributed by atoms with Gasteiger partial charge in [-0.2, -0.15) is 0 Å². The third-order valence-electron chi connectivity index (χ3n) is 2.51. The highest BCUT2D eigenvalue weighted by Crippen LogP contribution is 2.23. The largest absolute Gasteiger partial charge is 0.302 e. The highest BCUT2D eigenvalue weighted by Gasteiger charge is 2.13. The van der Waals surface area contributed by atoms with Crippen LogP contribution in [0.15, 0.2) is 29.7 Å². The Labute approximate surface area is 116 Å². The van der Waals surface area contributed by atoms with Crippen molar-refractivity contribution in [2.24, 2.45) is 0 Å². The maximum Gasteiger partial charge on any atom is 0.191 e. The quantitative estimate of drug-likeness (QED) is 0.758. The summed E-state index contributed by atoms with van der Waals surface area (Å²) in [5.41, 5.74) is 0.991. The van der Waals surface area contributed by atoms with Crippen molar-refractivity contribution in [2.45, 2.75) is 32.0 Å². The Morgan fingerprint density at radius 2 is 2.05 bits per heavy atom. The molecule has 0 aromatic carbocycles. The van der Waals surface area contributed by atoms with Gasteiger partial charge in [0.25, 0.3) is 0 Å². The SMILES string of the molecule is CCCn1c(SCC(C)=O)nnc1-c1ccncc1. The summed E-state index contributed by atoms with van der Waals surface area (Å²) in [6.07, 6.45) is 4.47. The van der Waals surface area contributed by atoms with Crippen molar-refractivity contribution in [2.75, 3.05) is 5.75 Å². The fourth-order valence-electron chi connectivity index (χ4n) is 1.70. The van der Waals surface area contributed by atoms with Crippen LogP contribution in [0.25, 0.3) is 11.4 Å². The Hall–Kier alpha value is -1.69. The number of Topliss-reactive ketones (excluding diaryl/α,β-unsaturated/α-hetero) is 1. The molecule has 2 aromatic rings. The first-order valence-corrected chi connectivity index (χ1v) is 7.16. The molecule has 2 rings (SSSR count). The molecule has 0 aliphatic rings. The molecule has 5 nitrogen and oxygen atoms in total. The number of aromatic nitrogens is 4. The fourth-order valence-corrected chi connectivity index (χ4v) is 2.47. The Morgan fingerprint density at radius 3 is 2.68 bits per heavy atom. The molecule has 100 valence electrons. The van der Waals surface area contributed by atoms with E-state index in [-0.39, 0.29) is 5.78 Å². The van der Waals surface area contributed by atoms with Crippen LogP contribution >= 0.6 is 11.8 Å². The van der Waals surface area contributed by atoms with Crippen LogP contribution in [0.5, 0.6) is 0 Å². The van der Waals surface area contributed by atoms with E-state index in [0.717, 1.165) is 29.5 Å². The second-order valence-corrected chi connectivity index (χ2v) is 5.13. The van der Waals surface area contributed by atoms with Crippen molar-refractivity contribution >= 4 is 17.5 Å². The number of carbonyl (C=O) groups excluding carboxylic acids is 1. The monoisotopic (exact) mass is 276 g/mol. The first-order chi connectivity index (χ1) is 9.22. The Bertz CT molecular complexity index is 553. The van der Waals surface area contributed by atoms with Crippen molar-refractivity contribution in [3.8, 4) is 11.4 Å². The van der Waals surface area contributed by atoms with Crippen molar-refractivity contribution in [1.29, 1.82) is 0 Å². The molecule has 0 N–H and O–H groups in total. The minimum Gasteiger partial charge on any atom is -0.302 e. The molecule has 0 saturated carbocycles. The maximum absolute atomic E-state index is 11.1. The zero-order chi connectivity index (χ0) is 13.7. The lowest BCUT2D eigenvalue weighted by Crippen LogP contribution is -2.03. The first kappa shape index (κ1) is 13.7. The van der Waals surface area contributed by atoms with Gasteiger partial charge in [-0.05, 0) is 25.5 Å². The summed E-state index contributed by atoms with van der Waals surface area (Å²) >= 11 is 1.43. The lowest BCUT2D eigenvalue weighted by atomic mass is 10.2. The third kappa shape index (κ3) is 3.41. The van der Waals surface area contributed by atoms with E-state index in [1.54, 1.807) is 19.3 Å². The molecule has 0 radical (unpaired) electrons. The average Bonchev–Trinajstić information content (AvgIpc) is 2.81. The van der Waals surface area contributed by atoms with Gasteiger partial charge in [-0.15, -0.1) is 10.2 Å². The van der Waals surface area contributed by atoms with E-state index < -0.39 is 0 Å². The van der Waals surface area contributed by atoms with Gasteiger partial charge in [0.05, 0.1) is 5.75 Å². The number of hydrogen-bond acceptors (Lipinski definition) is 5. The highest BCUT2D eigenvalue weighted by atomic mass is 32.2. The van der Waals surface area contributed by atoms with Gasteiger partial charge in [0.1, 0.15) is 5.78 Å². The van der Waals surface area contributed by atoms with Gasteiger partial charge in [-0.1, -0.05) is 18.7 Å². The van der Waals surface area contributed by atoms with Crippen LogP contribution in [0.4, 0.5) is 0 Å². The molecular formula is C13H16N4OS. The van der Waals surface area contributed by atoms with E-state index in [1.807, 2.05) is 12.1 Å². The smallest absolute Gasteiger partial charge is 0.191 e. The molecule has 19 heavy (non-hydrogen) atoms. The van der Waals surface area contributed by atoms with Crippen LogP contribution in [0.2, 0.25) is 0 Å². The first-order valence-electron chi connectivity index (χ1n) is 6.18. The van der Waals surface area contributed by atoms with Crippen LogP contribution in [0, 0.1) is 0 Å². The summed E-state index contributed by atoms with van der Waals surface area (Å²) in [6, 6.07) is 3.82. The molecule has 2 aromatic heterocycles. The van der Waals surface area contributed by atoms with E-state index in [4.69, 9.17) is 0 Å². The van der Waals surface area contributed by atoms with Crippen molar-refractivity contribution < 1.29 is 4.79 Å². The Morgan fingerprint density at radius 1 is 1.32 bits per heavy atom. The highest BCUT2D eigenvalue weighted by molar-refractivity contribution is 7.99. The standard InChI is InChI=1S/C13H16N4OS/c1-3-8-17-12(11-4-6-14-7-5-11)15-16-13(17)19-9-10(2)18/h4-7H,3,8-9H2,1-2H3. The number of nitrogens with zero attached hydrogens (tertiary/aromatic N) is 4. The van der Waals surface area contributed by atoms with Crippen LogP contribution in [-0.2, 0) is 11.3 Å². The van der Waals surface area contributed by atoms with Gasteiger partial charge in [-0.25, -0.2) is 0 Å². The van der Waals surface area contributed by atoms with Crippen LogP contribution in [0.3, 0.4) is 0 Å². The molecule has 0 saturated heterocycles. The van der Waals surface area contributed by atoms with Gasteiger partial charge in [0.15, 0.2) is 11.0 Å². The van der Waals surface area contributed by atoms with Gasteiger partial charge >= 0.3 is 0 Å². The topological polar surface area (TPSA) is 60.7 Å². The summed E-state index contributed by atoms with van der Waals surface area (Å²) in [7, 11) is 0. The molecule has 0 atom stereocenters. The van der Waals surface area contributed by atoms with Gasteiger partial charge in [0.2, 0.25) is 0 Å². The lowest BCUT2D eigenvalue weighted by Gasteiger charge is -2.08. The summed E-state index contributed by atoms with van der Waals surface area (Å²) < 4.78 is 2.06. The summed E-state index contributed by atoms with van der Waals surface area (Å²) in [5, 5.41) is 9.22. The molecule has 0 aliphatic heterocycles. The molecule has 0 unspecified atom stereocenters. The zero-order valence-electron chi connectivity index (χ0n) is 11.0. The van der Waals surface area contributed by atoms with Gasteiger partial charge in [0, 0.05) is 24.5 Å². The van der Waals surface area contributed by atoms with Crippen LogP contribution < -0.4 is 0 Å². The molecule has 6 heteroatoms. The summed E-state index contributed by atoms with van der Waals surface area (Å²) in [4.78, 5) is 15.1. The number of ketones is 1. The number of thioether (sulfide) groups is 1. The van der Waals surface area contributed by atoms with Crippen molar-refractivity contribution in [3.05, 3.63) is 24.5 Å². The minimum atomic E-state index is 0.140. The van der Waals surface area contributed by atoms with Crippen LogP contribution in [0.1, 0.15) is 20.3 Å². The molecule has 2 heterocycles. The molecular weight excluding hydrogens is 260 g/mol. The Balaban J connectivity index is 2.31. The normalized spacial score (nSPS) is 10.6. The predicted octanol–water partition coefficient (Wildman–Crippen LogP) is 2.43. The Kier molecular flexibility index (Phi) is 4.68. The average molecular weight is 276 g/mol. The number of pyridine rings is 1. The maximum atomic E-state index is 11.1. The second kappa shape index (κ2) is 6.47. The fraction of sp³-hybridized carbons (Fsp3) is 0.385. The van der Waals surface area contributed by atoms with E-state index >= 15 is 0 Å². The van der Waals surface area contributed by atoms with E-state index in [2.05, 4.69) is 26.7 Å². The molecule has 0 amide bonds. The second-order valence-electron chi connectivity index (χ2n) is 4.18. The molecule has 0 spiro atoms. The zero-order valence-corrected chi connectivity index (χ0v) is 11.9. The minimum absolute atomic E-state index is 0.140. The number of rotatable bonds is 6. The van der Waals surface area contributed by atoms with Crippen LogP contribution in [-0.4, -0.2) is 31.3 Å².